The summed E-state index contributed by atoms with van der Waals surface area (Å²) in [5, 5.41) is 15.7. The average molecular weight is 262 g/mol. The van der Waals surface area contributed by atoms with E-state index in [-0.39, 0.29) is 23.8 Å². The fourth-order valence-electron chi connectivity index (χ4n) is 2.42. The number of nitrogens with one attached hydrogen (secondary N) is 2. The molecule has 3 atom stereocenters. The van der Waals surface area contributed by atoms with E-state index in [0.29, 0.717) is 19.5 Å². The highest BCUT2D eigenvalue weighted by atomic mass is 16.3. The first kappa shape index (κ1) is 14.0. The van der Waals surface area contributed by atoms with Crippen molar-refractivity contribution >= 4 is 5.91 Å². The molecule has 1 fully saturated rings. The Labute approximate surface area is 114 Å². The Morgan fingerprint density at radius 1 is 1.42 bits per heavy atom. The molecule has 0 aliphatic carbocycles. The number of hydrogen-bond donors (Lipinski definition) is 3. The third kappa shape index (κ3) is 4.04. The fraction of sp³-hybridized carbons (Fsp3) is 0.533. The smallest absolute Gasteiger partial charge is 0.220 e. The summed E-state index contributed by atoms with van der Waals surface area (Å²) in [4.78, 5) is 11.9. The summed E-state index contributed by atoms with van der Waals surface area (Å²) >= 11 is 0. The van der Waals surface area contributed by atoms with Gasteiger partial charge in [0, 0.05) is 32.0 Å². The maximum Gasteiger partial charge on any atom is 0.220 e. The lowest BCUT2D eigenvalue weighted by Gasteiger charge is -2.16. The molecule has 0 saturated carbocycles. The molecule has 0 aromatic heterocycles. The van der Waals surface area contributed by atoms with Crippen LogP contribution in [0.1, 0.15) is 24.8 Å². The first-order valence-corrected chi connectivity index (χ1v) is 6.87. The van der Waals surface area contributed by atoms with Gasteiger partial charge in [-0.3, -0.25) is 4.79 Å². The molecule has 1 saturated heterocycles. The topological polar surface area (TPSA) is 61.4 Å². The quantitative estimate of drug-likeness (QED) is 0.738. The molecule has 4 heteroatoms. The number of rotatable bonds is 5. The number of benzene rings is 1. The number of amides is 1. The van der Waals surface area contributed by atoms with E-state index in [1.165, 1.54) is 5.56 Å². The van der Waals surface area contributed by atoms with Crippen molar-refractivity contribution in [1.82, 2.24) is 10.6 Å². The van der Waals surface area contributed by atoms with Gasteiger partial charge in [-0.05, 0) is 11.5 Å². The van der Waals surface area contributed by atoms with Crippen LogP contribution in [0.25, 0.3) is 0 Å². The van der Waals surface area contributed by atoms with Crippen LogP contribution < -0.4 is 10.6 Å². The molecule has 0 spiro atoms. The number of β-amino-alcohol motifs (C(OH)–C–C–N with tert-alkyl or cyclic N) is 1. The van der Waals surface area contributed by atoms with Crippen molar-refractivity contribution in [3.63, 3.8) is 0 Å². The van der Waals surface area contributed by atoms with E-state index >= 15 is 0 Å². The molecule has 1 aromatic rings. The summed E-state index contributed by atoms with van der Waals surface area (Å²) < 4.78 is 0. The molecular weight excluding hydrogens is 240 g/mol. The van der Waals surface area contributed by atoms with Gasteiger partial charge in [-0.1, -0.05) is 37.3 Å². The second-order valence-corrected chi connectivity index (χ2v) is 5.31. The zero-order valence-corrected chi connectivity index (χ0v) is 11.3. The Bertz CT molecular complexity index is 408. The van der Waals surface area contributed by atoms with Gasteiger partial charge in [0.15, 0.2) is 0 Å². The zero-order chi connectivity index (χ0) is 13.7. The van der Waals surface area contributed by atoms with Crippen molar-refractivity contribution in [1.29, 1.82) is 0 Å². The first-order chi connectivity index (χ1) is 9.16. The summed E-state index contributed by atoms with van der Waals surface area (Å²) in [6.07, 6.45) is 0.145. The van der Waals surface area contributed by atoms with Crippen molar-refractivity contribution in [2.45, 2.75) is 25.4 Å². The van der Waals surface area contributed by atoms with Crippen LogP contribution in [0.4, 0.5) is 0 Å². The number of aliphatic hydroxyl groups is 1. The molecule has 1 aromatic carbocycles. The van der Waals surface area contributed by atoms with E-state index in [0.717, 1.165) is 6.54 Å². The minimum atomic E-state index is -0.341. The molecule has 0 radical (unpaired) electrons. The Morgan fingerprint density at radius 2 is 2.16 bits per heavy atom. The molecule has 1 amide bonds. The predicted octanol–water partition coefficient (Wildman–Crippen LogP) is 0.877. The summed E-state index contributed by atoms with van der Waals surface area (Å²) in [5.74, 6) is 0.402. The van der Waals surface area contributed by atoms with Gasteiger partial charge in [-0.2, -0.15) is 0 Å². The maximum absolute atomic E-state index is 11.9. The standard InChI is InChI=1S/C15H22N2O2/c1-11(12-5-3-2-4-6-12)7-15(19)17-9-13-8-16-10-14(13)18/h2-6,11,13-14,16,18H,7-10H2,1H3,(H,17,19). The van der Waals surface area contributed by atoms with E-state index in [9.17, 15) is 9.90 Å². The number of aliphatic hydroxyl groups excluding tert-OH is 1. The van der Waals surface area contributed by atoms with Gasteiger partial charge in [0.05, 0.1) is 6.10 Å². The Hall–Kier alpha value is -1.39. The lowest BCUT2D eigenvalue weighted by atomic mass is 9.97. The van der Waals surface area contributed by atoms with Crippen molar-refractivity contribution in [3.05, 3.63) is 35.9 Å². The largest absolute Gasteiger partial charge is 0.391 e. The van der Waals surface area contributed by atoms with Crippen LogP contribution in [0.3, 0.4) is 0 Å². The van der Waals surface area contributed by atoms with Crippen molar-refractivity contribution in [2.75, 3.05) is 19.6 Å². The van der Waals surface area contributed by atoms with E-state index in [1.807, 2.05) is 30.3 Å². The van der Waals surface area contributed by atoms with Gasteiger partial charge in [0.25, 0.3) is 0 Å². The van der Waals surface area contributed by atoms with Crippen LogP contribution in [-0.4, -0.2) is 36.8 Å². The van der Waals surface area contributed by atoms with Crippen molar-refractivity contribution in [3.8, 4) is 0 Å². The molecule has 1 aliphatic heterocycles. The average Bonchev–Trinajstić information content (AvgIpc) is 2.83. The molecule has 0 bridgehead atoms. The zero-order valence-electron chi connectivity index (χ0n) is 11.3. The second kappa shape index (κ2) is 6.68. The Balaban J connectivity index is 1.75. The number of carbonyl (C=O) groups excluding carboxylic acids is 1. The van der Waals surface area contributed by atoms with Gasteiger partial charge in [0.2, 0.25) is 5.91 Å². The summed E-state index contributed by atoms with van der Waals surface area (Å²) in [5.41, 5.74) is 1.18. The van der Waals surface area contributed by atoms with Gasteiger partial charge < -0.3 is 15.7 Å². The normalized spacial score (nSPS) is 24.1. The summed E-state index contributed by atoms with van der Waals surface area (Å²) in [6, 6.07) is 10.0. The van der Waals surface area contributed by atoms with Crippen molar-refractivity contribution < 1.29 is 9.90 Å². The monoisotopic (exact) mass is 262 g/mol. The Morgan fingerprint density at radius 3 is 2.79 bits per heavy atom. The Kier molecular flexibility index (Phi) is 4.93. The van der Waals surface area contributed by atoms with E-state index in [4.69, 9.17) is 0 Å². The molecule has 3 unspecified atom stereocenters. The highest BCUT2D eigenvalue weighted by Crippen LogP contribution is 2.18. The number of hydrogen-bond acceptors (Lipinski definition) is 3. The van der Waals surface area contributed by atoms with Crippen LogP contribution in [0.5, 0.6) is 0 Å². The minimum absolute atomic E-state index is 0.0513. The van der Waals surface area contributed by atoms with Gasteiger partial charge >= 0.3 is 0 Å². The molecule has 3 N–H and O–H groups in total. The molecule has 1 heterocycles. The van der Waals surface area contributed by atoms with Crippen LogP contribution >= 0.6 is 0 Å². The van der Waals surface area contributed by atoms with Gasteiger partial charge in [-0.15, -0.1) is 0 Å². The minimum Gasteiger partial charge on any atom is -0.391 e. The van der Waals surface area contributed by atoms with Crippen LogP contribution in [-0.2, 0) is 4.79 Å². The molecule has 2 rings (SSSR count). The molecule has 1 aliphatic rings. The van der Waals surface area contributed by atoms with E-state index in [1.54, 1.807) is 0 Å². The molecule has 4 nitrogen and oxygen atoms in total. The van der Waals surface area contributed by atoms with E-state index < -0.39 is 0 Å². The second-order valence-electron chi connectivity index (χ2n) is 5.31. The third-order valence-electron chi connectivity index (χ3n) is 3.73. The SMILES string of the molecule is CC(CC(=O)NCC1CNCC1O)c1ccccc1. The van der Waals surface area contributed by atoms with Crippen LogP contribution in [0.2, 0.25) is 0 Å². The lowest BCUT2D eigenvalue weighted by Crippen LogP contribution is -2.34. The summed E-state index contributed by atoms with van der Waals surface area (Å²) in [6.45, 7) is 4.01. The maximum atomic E-state index is 11.9. The highest BCUT2D eigenvalue weighted by molar-refractivity contribution is 5.76. The molecule has 104 valence electrons. The predicted molar refractivity (Wildman–Crippen MR) is 74.9 cm³/mol. The lowest BCUT2D eigenvalue weighted by molar-refractivity contribution is -0.121. The van der Waals surface area contributed by atoms with Gasteiger partial charge in [-0.25, -0.2) is 0 Å². The molecular formula is C15H22N2O2. The summed E-state index contributed by atoms with van der Waals surface area (Å²) in [7, 11) is 0. The van der Waals surface area contributed by atoms with E-state index in [2.05, 4.69) is 17.6 Å². The van der Waals surface area contributed by atoms with Gasteiger partial charge in [0.1, 0.15) is 0 Å². The fourth-order valence-corrected chi connectivity index (χ4v) is 2.42. The van der Waals surface area contributed by atoms with Crippen LogP contribution in [0.15, 0.2) is 30.3 Å². The molecule has 19 heavy (non-hydrogen) atoms. The van der Waals surface area contributed by atoms with Crippen molar-refractivity contribution in [2.24, 2.45) is 5.92 Å². The van der Waals surface area contributed by atoms with Crippen LogP contribution in [0, 0.1) is 5.92 Å². The third-order valence-corrected chi connectivity index (χ3v) is 3.73. The highest BCUT2D eigenvalue weighted by Gasteiger charge is 2.25. The number of carbonyl (C=O) groups is 1. The first-order valence-electron chi connectivity index (χ1n) is 6.87.